The average molecular weight is 528 g/mol. The summed E-state index contributed by atoms with van der Waals surface area (Å²) >= 11 is 4.64. The number of fused-ring (bicyclic) bond motifs is 1. The van der Waals surface area contributed by atoms with Gasteiger partial charge in [-0.3, -0.25) is 14.9 Å². The summed E-state index contributed by atoms with van der Waals surface area (Å²) in [4.78, 5) is 23.2. The molecule has 0 radical (unpaired) electrons. The molecule has 1 amide bonds. The molecule has 10 heteroatoms. The molecule has 0 spiro atoms. The Balaban J connectivity index is 1.38. The minimum absolute atomic E-state index is 0.0304. The maximum atomic E-state index is 13.7. The van der Waals surface area contributed by atoms with Crippen LogP contribution in [0.3, 0.4) is 0 Å². The Morgan fingerprint density at radius 1 is 1.18 bits per heavy atom. The fourth-order valence-corrected chi connectivity index (χ4v) is 4.41. The smallest absolute Gasteiger partial charge is 0.281 e. The lowest BCUT2D eigenvalue weighted by atomic mass is 10.2. The monoisotopic (exact) mass is 527 g/mol. The standard InChI is InChI=1S/C23H15BrFN3O4S/c24-18-9-14(5-7-20(18)32-13-15-3-1-2-4-19(15)25)12-26-27-23(29)22-11-16-10-17(28(30)31)6-8-21(16)33-22/h1-12H,13H2,(H,27,29)/b26-12-. The highest BCUT2D eigenvalue weighted by Gasteiger charge is 2.13. The van der Waals surface area contributed by atoms with E-state index in [-0.39, 0.29) is 18.1 Å². The molecule has 0 saturated heterocycles. The first-order valence-corrected chi connectivity index (χ1v) is 11.2. The van der Waals surface area contributed by atoms with Crippen molar-refractivity contribution in [3.63, 3.8) is 0 Å². The van der Waals surface area contributed by atoms with Crippen LogP contribution in [0.1, 0.15) is 20.8 Å². The van der Waals surface area contributed by atoms with Crippen molar-refractivity contribution in [2.75, 3.05) is 0 Å². The highest BCUT2D eigenvalue weighted by atomic mass is 79.9. The highest BCUT2D eigenvalue weighted by Crippen LogP contribution is 2.29. The molecule has 0 bridgehead atoms. The van der Waals surface area contributed by atoms with Crippen molar-refractivity contribution in [3.8, 4) is 5.75 Å². The quantitative estimate of drug-likeness (QED) is 0.179. The van der Waals surface area contributed by atoms with Gasteiger partial charge in [-0.1, -0.05) is 18.2 Å². The number of hydrazone groups is 1. The van der Waals surface area contributed by atoms with Gasteiger partial charge < -0.3 is 4.74 Å². The van der Waals surface area contributed by atoms with Crippen LogP contribution in [0.4, 0.5) is 10.1 Å². The van der Waals surface area contributed by atoms with Crippen LogP contribution >= 0.6 is 27.3 Å². The van der Waals surface area contributed by atoms with Gasteiger partial charge in [-0.05, 0) is 57.9 Å². The number of hydrogen-bond donors (Lipinski definition) is 1. The molecule has 0 aliphatic rings. The zero-order chi connectivity index (χ0) is 23.4. The number of carbonyl (C=O) groups excluding carboxylic acids is 1. The number of nitrogens with one attached hydrogen (secondary N) is 1. The van der Waals surface area contributed by atoms with Crippen molar-refractivity contribution in [3.05, 3.63) is 103 Å². The number of nitro groups is 1. The van der Waals surface area contributed by atoms with Crippen LogP contribution in [0.5, 0.6) is 5.75 Å². The van der Waals surface area contributed by atoms with E-state index in [9.17, 15) is 19.3 Å². The van der Waals surface area contributed by atoms with Gasteiger partial charge in [0, 0.05) is 27.8 Å². The van der Waals surface area contributed by atoms with Crippen molar-refractivity contribution >= 4 is 55.2 Å². The van der Waals surface area contributed by atoms with Crippen LogP contribution in [0.25, 0.3) is 10.1 Å². The molecule has 1 aromatic heterocycles. The summed E-state index contributed by atoms with van der Waals surface area (Å²) in [5.41, 5.74) is 3.57. The Hall–Kier alpha value is -3.63. The lowest BCUT2D eigenvalue weighted by Gasteiger charge is -2.09. The summed E-state index contributed by atoms with van der Waals surface area (Å²) in [5, 5.41) is 15.5. The fraction of sp³-hybridized carbons (Fsp3) is 0.0435. The van der Waals surface area contributed by atoms with E-state index in [1.165, 1.54) is 35.8 Å². The van der Waals surface area contributed by atoms with Gasteiger partial charge in [-0.15, -0.1) is 11.3 Å². The third-order valence-corrected chi connectivity index (χ3v) is 6.35. The largest absolute Gasteiger partial charge is 0.488 e. The number of carbonyl (C=O) groups is 1. The second-order valence-electron chi connectivity index (χ2n) is 6.86. The molecule has 4 rings (SSSR count). The molecule has 0 fully saturated rings. The fourth-order valence-electron chi connectivity index (χ4n) is 2.96. The second-order valence-corrected chi connectivity index (χ2v) is 8.80. The molecule has 0 saturated carbocycles. The summed E-state index contributed by atoms with van der Waals surface area (Å²) in [6.45, 7) is 0.0904. The number of halogens is 2. The topological polar surface area (TPSA) is 93.8 Å². The summed E-state index contributed by atoms with van der Waals surface area (Å²) in [6.07, 6.45) is 1.47. The summed E-state index contributed by atoms with van der Waals surface area (Å²) in [6, 6.07) is 17.7. The number of benzene rings is 3. The number of hydrogen-bond acceptors (Lipinski definition) is 6. The van der Waals surface area contributed by atoms with Gasteiger partial charge in [0.15, 0.2) is 0 Å². The first-order valence-electron chi connectivity index (χ1n) is 9.58. The molecular formula is C23H15BrFN3O4S. The van der Waals surface area contributed by atoms with Crippen molar-refractivity contribution in [2.45, 2.75) is 6.61 Å². The Kier molecular flexibility index (Phi) is 6.76. The molecule has 0 atom stereocenters. The van der Waals surface area contributed by atoms with E-state index < -0.39 is 10.8 Å². The molecule has 4 aromatic rings. The predicted octanol–water partition coefficient (Wildman–Crippen LogP) is 6.05. The lowest BCUT2D eigenvalue weighted by molar-refractivity contribution is -0.384. The average Bonchev–Trinajstić information content (AvgIpc) is 3.23. The van der Waals surface area contributed by atoms with Gasteiger partial charge in [0.05, 0.1) is 20.5 Å². The third-order valence-electron chi connectivity index (χ3n) is 4.61. The molecule has 0 aliphatic heterocycles. The van der Waals surface area contributed by atoms with E-state index in [0.717, 1.165) is 4.70 Å². The maximum absolute atomic E-state index is 13.7. The van der Waals surface area contributed by atoms with Crippen molar-refractivity contribution in [2.24, 2.45) is 5.10 Å². The number of thiophene rings is 1. The molecule has 7 nitrogen and oxygen atoms in total. The number of rotatable bonds is 7. The molecule has 33 heavy (non-hydrogen) atoms. The highest BCUT2D eigenvalue weighted by molar-refractivity contribution is 9.10. The maximum Gasteiger partial charge on any atom is 0.281 e. The summed E-state index contributed by atoms with van der Waals surface area (Å²) in [7, 11) is 0. The van der Waals surface area contributed by atoms with Crippen LogP contribution in [0.2, 0.25) is 0 Å². The summed E-state index contributed by atoms with van der Waals surface area (Å²) < 4.78 is 20.8. The van der Waals surface area contributed by atoms with Crippen molar-refractivity contribution < 1.29 is 18.8 Å². The zero-order valence-electron chi connectivity index (χ0n) is 16.8. The van der Waals surface area contributed by atoms with Crippen LogP contribution in [0.15, 0.2) is 76.3 Å². The van der Waals surface area contributed by atoms with E-state index in [0.29, 0.717) is 31.6 Å². The van der Waals surface area contributed by atoms with E-state index in [2.05, 4.69) is 26.5 Å². The zero-order valence-corrected chi connectivity index (χ0v) is 19.2. The normalized spacial score (nSPS) is 11.1. The van der Waals surface area contributed by atoms with Gasteiger partial charge in [0.25, 0.3) is 11.6 Å². The molecule has 1 N–H and O–H groups in total. The van der Waals surface area contributed by atoms with Gasteiger partial charge in [-0.25, -0.2) is 9.82 Å². The molecule has 0 unspecified atom stereocenters. The van der Waals surface area contributed by atoms with E-state index in [1.807, 2.05) is 0 Å². The number of ether oxygens (including phenoxy) is 1. The van der Waals surface area contributed by atoms with Gasteiger partial charge >= 0.3 is 0 Å². The van der Waals surface area contributed by atoms with Crippen LogP contribution in [-0.2, 0) is 6.61 Å². The van der Waals surface area contributed by atoms with Gasteiger partial charge in [0.1, 0.15) is 18.2 Å². The van der Waals surface area contributed by atoms with E-state index in [4.69, 9.17) is 4.74 Å². The Labute approximate surface area is 199 Å². The van der Waals surface area contributed by atoms with E-state index in [1.54, 1.807) is 48.5 Å². The first-order chi connectivity index (χ1) is 15.9. The molecule has 1 heterocycles. The molecule has 3 aromatic carbocycles. The van der Waals surface area contributed by atoms with Crippen molar-refractivity contribution in [1.82, 2.24) is 5.43 Å². The summed E-state index contributed by atoms with van der Waals surface area (Å²) in [5.74, 6) is -0.206. The van der Waals surface area contributed by atoms with Crippen LogP contribution in [-0.4, -0.2) is 17.0 Å². The number of nitro benzene ring substituents is 1. The second kappa shape index (κ2) is 9.88. The van der Waals surface area contributed by atoms with Crippen molar-refractivity contribution in [1.29, 1.82) is 0 Å². The van der Waals surface area contributed by atoms with Gasteiger partial charge in [-0.2, -0.15) is 5.10 Å². The minimum Gasteiger partial charge on any atom is -0.488 e. The molecule has 0 aliphatic carbocycles. The SMILES string of the molecule is O=C(N/N=C\c1ccc(OCc2ccccc2F)c(Br)c1)c1cc2cc([N+](=O)[O-])ccc2s1. The predicted molar refractivity (Wildman–Crippen MR) is 128 cm³/mol. The van der Waals surface area contributed by atoms with Gasteiger partial charge in [0.2, 0.25) is 0 Å². The Morgan fingerprint density at radius 3 is 2.76 bits per heavy atom. The number of amides is 1. The Bertz CT molecular complexity index is 1390. The van der Waals surface area contributed by atoms with Crippen LogP contribution in [0, 0.1) is 15.9 Å². The third kappa shape index (κ3) is 5.41. The number of nitrogens with zero attached hydrogens (tertiary/aromatic N) is 2. The minimum atomic E-state index is -0.477. The molecular weight excluding hydrogens is 513 g/mol. The van der Waals surface area contributed by atoms with Crippen LogP contribution < -0.4 is 10.2 Å². The van der Waals surface area contributed by atoms with E-state index >= 15 is 0 Å². The first kappa shape index (κ1) is 22.6. The number of non-ortho nitro benzene ring substituents is 1. The lowest BCUT2D eigenvalue weighted by Crippen LogP contribution is -2.16. The molecule has 166 valence electrons. The Morgan fingerprint density at radius 2 is 2.00 bits per heavy atom.